The van der Waals surface area contributed by atoms with Crippen LogP contribution in [-0.4, -0.2) is 0 Å². The van der Waals surface area contributed by atoms with E-state index in [0.29, 0.717) is 0 Å². The molecule has 464 valence electrons. The van der Waals surface area contributed by atoms with E-state index in [1.54, 1.807) is 43.8 Å². The number of unbranched alkanes of at least 4 members (excludes halogenated alkanes) is 30. The molecule has 0 aromatic heterocycles. The lowest BCUT2D eigenvalue weighted by Crippen LogP contribution is -2.21. The van der Waals surface area contributed by atoms with Crippen molar-refractivity contribution in [1.29, 1.82) is 0 Å². The predicted octanol–water partition coefficient (Wildman–Crippen LogP) is 26.7. The monoisotopic (exact) mass is 1120 g/mol. The fourth-order valence-corrected chi connectivity index (χ4v) is 15.5. The second-order valence-electron chi connectivity index (χ2n) is 27.1. The molecule has 0 unspecified atom stereocenters. The van der Waals surface area contributed by atoms with E-state index < -0.39 is 0 Å². The van der Waals surface area contributed by atoms with Gasteiger partial charge in [0.1, 0.15) is 0 Å². The molecule has 5 rings (SSSR count). The van der Waals surface area contributed by atoms with Crippen molar-refractivity contribution < 1.29 is 0 Å². The van der Waals surface area contributed by atoms with Crippen LogP contribution in [0.2, 0.25) is 0 Å². The third kappa shape index (κ3) is 21.4. The van der Waals surface area contributed by atoms with E-state index >= 15 is 0 Å². The highest BCUT2D eigenvalue weighted by molar-refractivity contribution is 6.05. The summed E-state index contributed by atoms with van der Waals surface area (Å²) in [4.78, 5) is 0. The summed E-state index contributed by atoms with van der Waals surface area (Å²) in [6, 6.07) is 5.94. The normalized spacial score (nSPS) is 12.4. The largest absolute Gasteiger partial charge is 0.0654 e. The van der Waals surface area contributed by atoms with Crippen LogP contribution in [0.25, 0.3) is 21.5 Å². The predicted molar refractivity (Wildman–Crippen MR) is 372 cm³/mol. The van der Waals surface area contributed by atoms with Crippen LogP contribution < -0.4 is 0 Å². The van der Waals surface area contributed by atoms with Crippen molar-refractivity contribution in [2.24, 2.45) is 0 Å². The molecule has 0 saturated carbocycles. The van der Waals surface area contributed by atoms with E-state index in [9.17, 15) is 0 Å². The molecule has 4 aromatic carbocycles. The van der Waals surface area contributed by atoms with Gasteiger partial charge in [-0.15, -0.1) is 0 Å². The molecule has 0 saturated heterocycles. The lowest BCUT2D eigenvalue weighted by molar-refractivity contribution is 0.625. The molecule has 0 heterocycles. The maximum absolute atomic E-state index is 2.97. The first-order valence-corrected chi connectivity index (χ1v) is 37.7. The van der Waals surface area contributed by atoms with E-state index in [2.05, 4.69) is 81.4 Å². The average Bonchev–Trinajstić information content (AvgIpc) is 1.68. The molecule has 0 bridgehead atoms. The summed E-state index contributed by atoms with van der Waals surface area (Å²) in [5, 5.41) is 6.81. The number of rotatable bonds is 50. The Labute approximate surface area is 511 Å². The van der Waals surface area contributed by atoms with E-state index in [1.165, 1.54) is 334 Å². The second kappa shape index (κ2) is 42.3. The van der Waals surface area contributed by atoms with Gasteiger partial charge in [-0.05, 0) is 253 Å². The zero-order valence-corrected chi connectivity index (χ0v) is 56.9. The van der Waals surface area contributed by atoms with Gasteiger partial charge in [0.2, 0.25) is 0 Å². The van der Waals surface area contributed by atoms with Gasteiger partial charge in [-0.3, -0.25) is 0 Å². The molecule has 0 spiro atoms. The number of hydrogen-bond donors (Lipinski definition) is 0. The van der Waals surface area contributed by atoms with Gasteiger partial charge < -0.3 is 0 Å². The van der Waals surface area contributed by atoms with Crippen molar-refractivity contribution in [2.75, 3.05) is 0 Å². The lowest BCUT2D eigenvalue weighted by Gasteiger charge is -2.34. The minimum absolute atomic E-state index is 1.19. The van der Waals surface area contributed by atoms with Gasteiger partial charge in [-0.2, -0.15) is 0 Å². The Hall–Kier alpha value is -2.60. The summed E-state index contributed by atoms with van der Waals surface area (Å²) in [6.07, 6.45) is 69.3. The zero-order valence-electron chi connectivity index (χ0n) is 56.9. The Kier molecular flexibility index (Phi) is 36.2. The Morgan fingerprint density at radius 1 is 0.171 bits per heavy atom. The molecule has 0 aliphatic heterocycles. The fourth-order valence-electron chi connectivity index (χ4n) is 15.5. The van der Waals surface area contributed by atoms with Crippen molar-refractivity contribution in [2.45, 2.75) is 403 Å². The van der Waals surface area contributed by atoms with Gasteiger partial charge in [-0.1, -0.05) is 262 Å². The van der Waals surface area contributed by atoms with E-state index in [1.807, 2.05) is 55.6 Å². The van der Waals surface area contributed by atoms with Crippen molar-refractivity contribution >= 4 is 21.5 Å². The zero-order chi connectivity index (χ0) is 58.6. The summed E-state index contributed by atoms with van der Waals surface area (Å²) < 4.78 is 0. The first kappa shape index (κ1) is 70.2. The Morgan fingerprint density at radius 3 is 0.549 bits per heavy atom. The molecule has 1 aliphatic rings. The van der Waals surface area contributed by atoms with Crippen LogP contribution in [0.5, 0.6) is 0 Å². The Morgan fingerprint density at radius 2 is 0.329 bits per heavy atom. The van der Waals surface area contributed by atoms with Crippen molar-refractivity contribution in [1.82, 2.24) is 0 Å². The molecule has 0 heteroatoms. The fraction of sp³-hybridized carbons (Fsp3) is 0.756. The maximum atomic E-state index is 2.97. The molecule has 82 heavy (non-hydrogen) atoms. The Balaban J connectivity index is 1.99. The van der Waals surface area contributed by atoms with Crippen LogP contribution in [0.4, 0.5) is 0 Å². The van der Waals surface area contributed by atoms with Crippen LogP contribution in [0, 0.1) is 0 Å². The molecular formula is C82H136. The average molecular weight is 1120 g/mol. The number of benzene rings is 4. The molecule has 0 amide bonds. The highest BCUT2D eigenvalue weighted by Gasteiger charge is 2.32. The van der Waals surface area contributed by atoms with Crippen molar-refractivity contribution in [3.8, 4) is 0 Å². The summed E-state index contributed by atoms with van der Waals surface area (Å²) in [6.45, 7) is 24.1. The standard InChI is InChI=1S/C82H136/c1-11-21-31-41-51-65-66(52-42-32-22-12-2)70(56-46-36-26-16-6)76-62-80-74(60-50-40-30-20-10)82-64-78-72(58-48-38-28-18-8)68(54-44-34-24-14-4)67(53-43-33-23-13-3)71(57-47-37-27-17-7)77(78)63-81(82)73(59-49-39-29-19-9)79(80)61-75(76)69(65)55-45-35-25-15-5/h61-62H,11-60,63-64H2,1-10H3. The topological polar surface area (TPSA) is 0 Å². The van der Waals surface area contributed by atoms with E-state index in [0.717, 1.165) is 0 Å². The van der Waals surface area contributed by atoms with Crippen LogP contribution >= 0.6 is 0 Å². The molecule has 1 aliphatic carbocycles. The summed E-state index contributed by atoms with van der Waals surface area (Å²) in [5.74, 6) is 0. The minimum Gasteiger partial charge on any atom is -0.0654 e. The van der Waals surface area contributed by atoms with Gasteiger partial charge in [-0.25, -0.2) is 0 Å². The third-order valence-electron chi connectivity index (χ3n) is 20.3. The molecule has 4 aromatic rings. The molecule has 0 radical (unpaired) electrons. The molecule has 0 fully saturated rings. The molecule has 0 atom stereocenters. The second-order valence-corrected chi connectivity index (χ2v) is 27.1. The highest BCUT2D eigenvalue weighted by Crippen LogP contribution is 2.47. The molecule has 0 nitrogen and oxygen atoms in total. The summed E-state index contributed by atoms with van der Waals surface area (Å²) in [7, 11) is 0. The minimum atomic E-state index is 1.19. The third-order valence-corrected chi connectivity index (χ3v) is 20.3. The first-order chi connectivity index (χ1) is 40.4. The smallest absolute Gasteiger partial charge is 0.00141 e. The van der Waals surface area contributed by atoms with Gasteiger partial charge in [0, 0.05) is 0 Å². The van der Waals surface area contributed by atoms with Gasteiger partial charge in [0.25, 0.3) is 0 Å². The quantitative estimate of drug-likeness (QED) is 0.0269. The van der Waals surface area contributed by atoms with E-state index in [4.69, 9.17) is 0 Å². The maximum Gasteiger partial charge on any atom is -0.00141 e. The van der Waals surface area contributed by atoms with Crippen LogP contribution in [0.1, 0.15) is 404 Å². The van der Waals surface area contributed by atoms with Gasteiger partial charge in [0.15, 0.2) is 0 Å². The van der Waals surface area contributed by atoms with Crippen molar-refractivity contribution in [3.05, 3.63) is 90.0 Å². The van der Waals surface area contributed by atoms with Crippen LogP contribution in [0.15, 0.2) is 12.1 Å². The summed E-state index contributed by atoms with van der Waals surface area (Å²) in [5.41, 5.74) is 25.8. The number of hydrogen-bond acceptors (Lipinski definition) is 0. The lowest BCUT2D eigenvalue weighted by atomic mass is 9.70. The summed E-state index contributed by atoms with van der Waals surface area (Å²) >= 11 is 0. The van der Waals surface area contributed by atoms with Gasteiger partial charge in [0.05, 0.1) is 0 Å². The van der Waals surface area contributed by atoms with Crippen LogP contribution in [0.3, 0.4) is 0 Å². The van der Waals surface area contributed by atoms with Crippen molar-refractivity contribution in [3.63, 3.8) is 0 Å². The first-order valence-electron chi connectivity index (χ1n) is 37.7. The highest BCUT2D eigenvalue weighted by atomic mass is 14.4. The van der Waals surface area contributed by atoms with E-state index in [-0.39, 0.29) is 0 Å². The number of fused-ring (bicyclic) bond motifs is 4. The Bertz CT molecular complexity index is 2190. The van der Waals surface area contributed by atoms with Crippen LogP contribution in [-0.2, 0) is 77.0 Å². The SMILES string of the molecule is CCCCCCc1c(CCCCCC)c(CCCCCC)c2c(c1CCCCCC)Cc1c(c(CCCCCC)c3cc4c(CCCCCC)c(CCCCCC)c(CCCCCC)c(CCCCCC)c4cc3c1CCCCCC)C2. The number of aryl methyl sites for hydroxylation is 4. The molecular weight excluding hydrogens is 985 g/mol. The van der Waals surface area contributed by atoms with Gasteiger partial charge >= 0.3 is 0 Å². The molecule has 0 N–H and O–H groups in total.